The van der Waals surface area contributed by atoms with Crippen molar-refractivity contribution in [3.63, 3.8) is 0 Å². The first kappa shape index (κ1) is 33.6. The van der Waals surface area contributed by atoms with Gasteiger partial charge in [0.05, 0.1) is 22.1 Å². The van der Waals surface area contributed by atoms with Gasteiger partial charge in [0.1, 0.15) is 0 Å². The van der Waals surface area contributed by atoms with Crippen LogP contribution >= 0.6 is 0 Å². The van der Waals surface area contributed by atoms with Gasteiger partial charge in [-0.2, -0.15) is 0 Å². The fourth-order valence-corrected chi connectivity index (χ4v) is 10.8. The van der Waals surface area contributed by atoms with Crippen molar-refractivity contribution in [2.24, 2.45) is 0 Å². The minimum absolute atomic E-state index is 1.17. The minimum Gasteiger partial charge on any atom is -0.309 e. The largest absolute Gasteiger partial charge is 0.309 e. The van der Waals surface area contributed by atoms with Crippen LogP contribution in [0.1, 0.15) is 0 Å². The summed E-state index contributed by atoms with van der Waals surface area (Å²) in [6.07, 6.45) is 0. The Morgan fingerprint density at radius 2 is 0.565 bits per heavy atom. The Morgan fingerprint density at radius 3 is 0.984 bits per heavy atom. The van der Waals surface area contributed by atoms with Crippen LogP contribution in [0.3, 0.4) is 0 Å². The highest BCUT2D eigenvalue weighted by Gasteiger charge is 2.19. The average Bonchev–Trinajstić information content (AvgIpc) is 3.86. The molecule has 0 N–H and O–H groups in total. The Bertz CT molecular complexity index is 3800. The molecule has 286 valence electrons. The van der Waals surface area contributed by atoms with Gasteiger partial charge in [0.25, 0.3) is 0 Å². The van der Waals surface area contributed by atoms with E-state index in [2.05, 4.69) is 228 Å². The smallest absolute Gasteiger partial charge is 0.0547 e. The molecule has 0 saturated heterocycles. The van der Waals surface area contributed by atoms with Crippen molar-refractivity contribution >= 4 is 97.5 Å². The highest BCUT2D eigenvalue weighted by atomic mass is 15.0. The topological polar surface area (TPSA) is 9.86 Å². The molecular weight excluding hydrogens is 749 g/mol. The van der Waals surface area contributed by atoms with Crippen molar-refractivity contribution in [1.82, 2.24) is 9.13 Å². The number of hydrogen-bond donors (Lipinski definition) is 0. The lowest BCUT2D eigenvalue weighted by molar-refractivity contribution is 1.18. The molecule has 0 atom stereocenters. The molecule has 0 saturated carbocycles. The Balaban J connectivity index is 0.927. The summed E-state index contributed by atoms with van der Waals surface area (Å²) in [5, 5.41) is 17.9. The zero-order chi connectivity index (χ0) is 40.5. The van der Waals surface area contributed by atoms with Crippen molar-refractivity contribution in [2.45, 2.75) is 0 Å². The maximum absolute atomic E-state index is 2.42. The van der Waals surface area contributed by atoms with Crippen molar-refractivity contribution < 1.29 is 0 Å². The van der Waals surface area contributed by atoms with Crippen molar-refractivity contribution in [3.8, 4) is 33.6 Å². The first-order chi connectivity index (χ1) is 30.7. The monoisotopic (exact) mass is 784 g/mol. The van der Waals surface area contributed by atoms with E-state index in [-0.39, 0.29) is 0 Å². The highest BCUT2D eigenvalue weighted by Crippen LogP contribution is 2.44. The van der Waals surface area contributed by atoms with E-state index in [0.717, 1.165) is 0 Å². The molecule has 2 heteroatoms. The van der Waals surface area contributed by atoms with Gasteiger partial charge in [-0.05, 0) is 161 Å². The first-order valence-corrected chi connectivity index (χ1v) is 21.5. The summed E-state index contributed by atoms with van der Waals surface area (Å²) in [7, 11) is 0. The Hall–Kier alpha value is -8.20. The van der Waals surface area contributed by atoms with E-state index in [1.165, 1.54) is 131 Å². The Kier molecular flexibility index (Phi) is 6.86. The van der Waals surface area contributed by atoms with Gasteiger partial charge in [0.2, 0.25) is 0 Å². The summed E-state index contributed by atoms with van der Waals surface area (Å²) < 4.78 is 4.83. The lowest BCUT2D eigenvalue weighted by atomic mass is 9.89. The number of fused-ring (bicyclic) bond motifs is 10. The van der Waals surface area contributed by atoms with E-state index < -0.39 is 0 Å². The quantitative estimate of drug-likeness (QED) is 0.157. The second kappa shape index (κ2) is 12.7. The predicted molar refractivity (Wildman–Crippen MR) is 265 cm³/mol. The van der Waals surface area contributed by atoms with Gasteiger partial charge in [0.15, 0.2) is 0 Å². The zero-order valence-electron chi connectivity index (χ0n) is 33.7. The van der Waals surface area contributed by atoms with Gasteiger partial charge in [0, 0.05) is 32.9 Å². The van der Waals surface area contributed by atoms with E-state index in [1.807, 2.05) is 0 Å². The third-order valence-corrected chi connectivity index (χ3v) is 13.5. The van der Waals surface area contributed by atoms with E-state index in [1.54, 1.807) is 0 Å². The normalized spacial score (nSPS) is 12.2. The summed E-state index contributed by atoms with van der Waals surface area (Å²) in [4.78, 5) is 0. The molecule has 0 aliphatic rings. The van der Waals surface area contributed by atoms with Crippen LogP contribution in [-0.2, 0) is 0 Å². The van der Waals surface area contributed by atoms with Crippen LogP contribution in [-0.4, -0.2) is 9.13 Å². The maximum Gasteiger partial charge on any atom is 0.0547 e. The lowest BCUT2D eigenvalue weighted by Gasteiger charge is -2.15. The molecule has 14 aromatic rings. The van der Waals surface area contributed by atoms with Gasteiger partial charge in [-0.15, -0.1) is 0 Å². The molecule has 0 aliphatic heterocycles. The van der Waals surface area contributed by atoms with E-state index in [9.17, 15) is 0 Å². The van der Waals surface area contributed by atoms with Crippen molar-refractivity contribution in [2.75, 3.05) is 0 Å². The Labute approximate surface area is 357 Å². The van der Waals surface area contributed by atoms with Crippen LogP contribution in [0.4, 0.5) is 0 Å². The summed E-state index contributed by atoms with van der Waals surface area (Å²) >= 11 is 0. The zero-order valence-corrected chi connectivity index (χ0v) is 33.7. The number of hydrogen-bond acceptors (Lipinski definition) is 0. The Morgan fingerprint density at radius 1 is 0.210 bits per heavy atom. The second-order valence-electron chi connectivity index (χ2n) is 16.9. The fourth-order valence-electron chi connectivity index (χ4n) is 10.8. The number of nitrogens with zero attached hydrogens (tertiary/aromatic N) is 2. The molecule has 62 heavy (non-hydrogen) atoms. The summed E-state index contributed by atoms with van der Waals surface area (Å²) in [6, 6.07) is 81.1. The van der Waals surface area contributed by atoms with E-state index in [0.29, 0.717) is 0 Å². The summed E-state index contributed by atoms with van der Waals surface area (Å²) in [5.41, 5.74) is 12.1. The lowest BCUT2D eigenvalue weighted by Crippen LogP contribution is -1.93. The van der Waals surface area contributed by atoms with Crippen molar-refractivity contribution in [1.29, 1.82) is 0 Å². The third-order valence-electron chi connectivity index (χ3n) is 13.5. The highest BCUT2D eigenvalue weighted by molar-refractivity contribution is 6.26. The van der Waals surface area contributed by atoms with Crippen LogP contribution < -0.4 is 0 Å². The summed E-state index contributed by atoms with van der Waals surface area (Å²) in [6.45, 7) is 0. The maximum atomic E-state index is 2.42. The molecular formula is C60H36N2. The summed E-state index contributed by atoms with van der Waals surface area (Å²) in [5.74, 6) is 0. The van der Waals surface area contributed by atoms with E-state index in [4.69, 9.17) is 0 Å². The van der Waals surface area contributed by atoms with Crippen molar-refractivity contribution in [3.05, 3.63) is 218 Å². The van der Waals surface area contributed by atoms with Crippen LogP contribution in [0.25, 0.3) is 131 Å². The molecule has 0 fully saturated rings. The second-order valence-corrected chi connectivity index (χ2v) is 16.9. The van der Waals surface area contributed by atoms with E-state index >= 15 is 0 Å². The van der Waals surface area contributed by atoms with Crippen LogP contribution in [0.15, 0.2) is 218 Å². The molecule has 2 heterocycles. The van der Waals surface area contributed by atoms with Crippen LogP contribution in [0, 0.1) is 0 Å². The molecule has 14 rings (SSSR count). The van der Waals surface area contributed by atoms with Gasteiger partial charge in [-0.1, -0.05) is 133 Å². The number of rotatable bonds is 4. The number of para-hydroxylation sites is 2. The molecule has 0 unspecified atom stereocenters. The molecule has 0 spiro atoms. The molecule has 0 aliphatic carbocycles. The predicted octanol–water partition coefficient (Wildman–Crippen LogP) is 16.4. The number of benzene rings is 12. The van der Waals surface area contributed by atoms with Gasteiger partial charge in [-0.25, -0.2) is 0 Å². The average molecular weight is 785 g/mol. The minimum atomic E-state index is 1.17. The molecule has 0 bridgehead atoms. The first-order valence-electron chi connectivity index (χ1n) is 21.5. The van der Waals surface area contributed by atoms with Gasteiger partial charge >= 0.3 is 0 Å². The molecule has 0 radical (unpaired) electrons. The van der Waals surface area contributed by atoms with Gasteiger partial charge in [-0.3, -0.25) is 0 Å². The molecule has 12 aromatic carbocycles. The standard InChI is InChI=1S/C60H36N2/c1-3-13-47(14-4-1)61-53-27-25-39(35-51(53)59-49-17-9-7-11-37(49)23-29-55(59)61)45-31-41-19-21-43-33-46(34-44-22-20-42(32-45)57(41)58(43)44)40-26-28-54-52(36-40)60-50-18-10-8-12-38(50)24-30-56(60)62(54)48-15-5-2-6-16-48/h1-36H. The van der Waals surface area contributed by atoms with Crippen LogP contribution in [0.5, 0.6) is 0 Å². The molecule has 2 nitrogen and oxygen atoms in total. The molecule has 0 amide bonds. The van der Waals surface area contributed by atoms with Crippen LogP contribution in [0.2, 0.25) is 0 Å². The fraction of sp³-hybridized carbons (Fsp3) is 0. The SMILES string of the molecule is c1ccc(-n2c3ccc(-c4cc5ccc6cc(-c7ccc8c(c7)c7c9ccccc9ccc7n8-c7ccccc7)cc7ccc(c4)c5c67)cc3c3c4ccccc4ccc32)cc1. The third kappa shape index (κ3) is 4.75. The molecule has 2 aromatic heterocycles. The number of aromatic nitrogens is 2. The van der Waals surface area contributed by atoms with Gasteiger partial charge < -0.3 is 9.13 Å².